The number of aliphatic imine (C=N–C) groups is 1. The van der Waals surface area contributed by atoms with Crippen LogP contribution >= 0.6 is 11.8 Å². The van der Waals surface area contributed by atoms with Crippen molar-refractivity contribution in [3.63, 3.8) is 0 Å². The number of thioether (sulfide) groups is 1. The molecule has 1 saturated heterocycles. The summed E-state index contributed by atoms with van der Waals surface area (Å²) in [6.07, 6.45) is 1.48. The van der Waals surface area contributed by atoms with Gasteiger partial charge in [0.25, 0.3) is 11.6 Å². The van der Waals surface area contributed by atoms with Gasteiger partial charge in [-0.3, -0.25) is 14.9 Å². The van der Waals surface area contributed by atoms with E-state index in [1.54, 1.807) is 0 Å². The number of nitro benzene ring substituents is 1. The summed E-state index contributed by atoms with van der Waals surface area (Å²) in [7, 11) is 0. The normalized spacial score (nSPS) is 21.0. The predicted molar refractivity (Wildman–Crippen MR) is 89.6 cm³/mol. The first kappa shape index (κ1) is 15.9. The molecule has 0 unspecified atom stereocenters. The van der Waals surface area contributed by atoms with Crippen LogP contribution in [-0.4, -0.2) is 54.0 Å². The average Bonchev–Trinajstić information content (AvgIpc) is 3.21. The Labute approximate surface area is 146 Å². The fraction of sp³-hybridized carbons (Fsp3) is 0.333. The van der Waals surface area contributed by atoms with Gasteiger partial charge >= 0.3 is 0 Å². The number of nitrogens with zero attached hydrogens (tertiary/aromatic N) is 3. The van der Waals surface area contributed by atoms with Crippen LogP contribution in [0.3, 0.4) is 0 Å². The molecule has 25 heavy (non-hydrogen) atoms. The molecular weight excluding hydrogens is 350 g/mol. The van der Waals surface area contributed by atoms with Crippen molar-refractivity contribution in [1.29, 1.82) is 0 Å². The monoisotopic (exact) mass is 363 g/mol. The molecule has 3 aliphatic heterocycles. The molecule has 0 saturated carbocycles. The van der Waals surface area contributed by atoms with Crippen molar-refractivity contribution >= 4 is 34.6 Å². The van der Waals surface area contributed by atoms with E-state index in [1.165, 1.54) is 30.0 Å². The molecule has 3 aliphatic rings. The number of rotatable bonds is 2. The summed E-state index contributed by atoms with van der Waals surface area (Å²) in [6, 6.07) is 2.82. The fourth-order valence-corrected chi connectivity index (χ4v) is 3.61. The lowest BCUT2D eigenvalue weighted by Crippen LogP contribution is -2.38. The predicted octanol–water partition coefficient (Wildman–Crippen LogP) is 1.63. The van der Waals surface area contributed by atoms with Crippen LogP contribution in [0.1, 0.15) is 5.56 Å². The van der Waals surface area contributed by atoms with E-state index < -0.39 is 10.8 Å². The maximum absolute atomic E-state index is 12.2. The van der Waals surface area contributed by atoms with Gasteiger partial charge in [0, 0.05) is 13.1 Å². The molecule has 0 N–H and O–H groups in total. The number of carbonyl (C=O) groups is 1. The number of carbonyl (C=O) groups excluding carboxylic acids is 1. The van der Waals surface area contributed by atoms with Crippen LogP contribution in [0, 0.1) is 10.1 Å². The fourth-order valence-electron chi connectivity index (χ4n) is 2.65. The van der Waals surface area contributed by atoms with Crippen LogP contribution < -0.4 is 9.47 Å². The highest BCUT2D eigenvalue weighted by molar-refractivity contribution is 8.18. The first-order chi connectivity index (χ1) is 12.1. The molecule has 4 rings (SSSR count). The van der Waals surface area contributed by atoms with E-state index >= 15 is 0 Å². The molecule has 1 fully saturated rings. The SMILES string of the molecule is O=C1N=C(N2CCOCC2)SC1=Cc1cc2c(cc1[N+](=O)[O-])OCO2. The average molecular weight is 363 g/mol. The van der Waals surface area contributed by atoms with Gasteiger partial charge in [0.2, 0.25) is 6.79 Å². The first-order valence-corrected chi connectivity index (χ1v) is 8.37. The minimum atomic E-state index is -0.512. The largest absolute Gasteiger partial charge is 0.454 e. The van der Waals surface area contributed by atoms with Crippen LogP contribution in [0.5, 0.6) is 11.5 Å². The van der Waals surface area contributed by atoms with E-state index in [9.17, 15) is 14.9 Å². The molecule has 1 aromatic carbocycles. The minimum Gasteiger partial charge on any atom is -0.454 e. The summed E-state index contributed by atoms with van der Waals surface area (Å²) in [5.41, 5.74) is 0.133. The van der Waals surface area contributed by atoms with Gasteiger partial charge in [-0.2, -0.15) is 4.99 Å². The molecule has 0 aromatic heterocycles. The quantitative estimate of drug-likeness (QED) is 0.444. The Bertz CT molecular complexity index is 816. The van der Waals surface area contributed by atoms with Gasteiger partial charge in [-0.1, -0.05) is 0 Å². The van der Waals surface area contributed by atoms with E-state index in [0.717, 1.165) is 0 Å². The Kier molecular flexibility index (Phi) is 4.06. The van der Waals surface area contributed by atoms with E-state index in [1.807, 2.05) is 4.90 Å². The molecular formula is C15H13N3O6S. The van der Waals surface area contributed by atoms with Gasteiger partial charge in [-0.25, -0.2) is 0 Å². The number of ether oxygens (including phenoxy) is 3. The molecule has 0 spiro atoms. The van der Waals surface area contributed by atoms with Crippen LogP contribution in [-0.2, 0) is 9.53 Å². The van der Waals surface area contributed by atoms with Crippen molar-refractivity contribution in [2.24, 2.45) is 4.99 Å². The van der Waals surface area contributed by atoms with Gasteiger partial charge in [-0.05, 0) is 23.9 Å². The third-order valence-corrected chi connectivity index (χ3v) is 4.94. The number of amidine groups is 1. The Hall–Kier alpha value is -2.59. The molecule has 0 atom stereocenters. The van der Waals surface area contributed by atoms with E-state index in [4.69, 9.17) is 14.2 Å². The van der Waals surface area contributed by atoms with E-state index in [-0.39, 0.29) is 18.0 Å². The summed E-state index contributed by atoms with van der Waals surface area (Å²) in [5, 5.41) is 11.9. The van der Waals surface area contributed by atoms with Crippen molar-refractivity contribution in [3.05, 3.63) is 32.7 Å². The topological polar surface area (TPSA) is 104 Å². The van der Waals surface area contributed by atoms with Gasteiger partial charge < -0.3 is 19.1 Å². The Morgan fingerprint density at radius 3 is 2.68 bits per heavy atom. The number of hydrogen-bond donors (Lipinski definition) is 0. The van der Waals surface area contributed by atoms with Gasteiger partial charge in [0.15, 0.2) is 16.7 Å². The second-order valence-electron chi connectivity index (χ2n) is 5.43. The number of amides is 1. The Balaban J connectivity index is 1.63. The highest BCUT2D eigenvalue weighted by Crippen LogP contribution is 2.40. The summed E-state index contributed by atoms with van der Waals surface area (Å²) in [6.45, 7) is 2.51. The minimum absolute atomic E-state index is 0.0183. The van der Waals surface area contributed by atoms with Crippen molar-refractivity contribution in [2.45, 2.75) is 0 Å². The summed E-state index contributed by atoms with van der Waals surface area (Å²) < 4.78 is 15.7. The van der Waals surface area contributed by atoms with Crippen molar-refractivity contribution in [3.8, 4) is 11.5 Å². The standard InChI is InChI=1S/C15H13N3O6S/c19-14-13(25-15(16-14)17-1-3-22-4-2-17)6-9-5-11-12(24-8-23-11)7-10(9)18(20)21/h5-7H,1-4,8H2. The molecule has 130 valence electrons. The zero-order valence-electron chi connectivity index (χ0n) is 13.0. The lowest BCUT2D eigenvalue weighted by Gasteiger charge is -2.27. The van der Waals surface area contributed by atoms with E-state index in [2.05, 4.69) is 4.99 Å². The van der Waals surface area contributed by atoms with Crippen LogP contribution in [0.4, 0.5) is 5.69 Å². The molecule has 3 heterocycles. The number of hydrogen-bond acceptors (Lipinski definition) is 8. The number of fused-ring (bicyclic) bond motifs is 1. The van der Waals surface area contributed by atoms with Crippen molar-refractivity contribution in [2.75, 3.05) is 33.1 Å². The summed E-state index contributed by atoms with van der Waals surface area (Å²) in [5.74, 6) is 0.338. The zero-order chi connectivity index (χ0) is 17.4. The van der Waals surface area contributed by atoms with Crippen LogP contribution in [0.15, 0.2) is 22.0 Å². The molecule has 1 amide bonds. The highest BCUT2D eigenvalue weighted by atomic mass is 32.2. The van der Waals surface area contributed by atoms with Crippen LogP contribution in [0.2, 0.25) is 0 Å². The summed E-state index contributed by atoms with van der Waals surface area (Å²) >= 11 is 1.21. The number of nitro groups is 1. The molecule has 0 bridgehead atoms. The van der Waals surface area contributed by atoms with Gasteiger partial charge in [-0.15, -0.1) is 0 Å². The highest BCUT2D eigenvalue weighted by Gasteiger charge is 2.29. The maximum Gasteiger partial charge on any atom is 0.286 e. The van der Waals surface area contributed by atoms with Crippen molar-refractivity contribution < 1.29 is 23.9 Å². The summed E-state index contributed by atoms with van der Waals surface area (Å²) in [4.78, 5) is 29.4. The third kappa shape index (κ3) is 3.05. The molecule has 0 radical (unpaired) electrons. The molecule has 9 nitrogen and oxygen atoms in total. The Morgan fingerprint density at radius 2 is 1.96 bits per heavy atom. The lowest BCUT2D eigenvalue weighted by atomic mass is 10.1. The molecule has 1 aromatic rings. The number of benzene rings is 1. The molecule has 10 heteroatoms. The van der Waals surface area contributed by atoms with Crippen LogP contribution in [0.25, 0.3) is 6.08 Å². The van der Waals surface area contributed by atoms with Gasteiger partial charge in [0.05, 0.1) is 34.7 Å². The second kappa shape index (κ2) is 6.37. The molecule has 0 aliphatic carbocycles. The van der Waals surface area contributed by atoms with E-state index in [0.29, 0.717) is 47.9 Å². The zero-order valence-corrected chi connectivity index (χ0v) is 13.8. The lowest BCUT2D eigenvalue weighted by molar-refractivity contribution is -0.385. The van der Waals surface area contributed by atoms with Crippen molar-refractivity contribution in [1.82, 2.24) is 4.90 Å². The first-order valence-electron chi connectivity index (χ1n) is 7.55. The smallest absolute Gasteiger partial charge is 0.286 e. The number of morpholine rings is 1. The maximum atomic E-state index is 12.2. The second-order valence-corrected chi connectivity index (χ2v) is 6.44. The Morgan fingerprint density at radius 1 is 1.24 bits per heavy atom. The van der Waals surface area contributed by atoms with Gasteiger partial charge in [0.1, 0.15) is 0 Å². The third-order valence-electron chi connectivity index (χ3n) is 3.90.